The van der Waals surface area contributed by atoms with Crippen molar-refractivity contribution in [2.75, 3.05) is 0 Å². The van der Waals surface area contributed by atoms with E-state index in [1.54, 1.807) is 6.92 Å². The van der Waals surface area contributed by atoms with Gasteiger partial charge in [-0.15, -0.1) is 11.8 Å². The van der Waals surface area contributed by atoms with Gasteiger partial charge in [0.15, 0.2) is 5.78 Å². The number of hydrogen-bond donors (Lipinski definition) is 0. The molecule has 2 aromatic carbocycles. The summed E-state index contributed by atoms with van der Waals surface area (Å²) in [5, 5.41) is -0.417. The van der Waals surface area contributed by atoms with Crippen LogP contribution >= 0.6 is 11.8 Å². The fourth-order valence-electron chi connectivity index (χ4n) is 2.79. The number of ketones is 1. The Kier molecular flexibility index (Phi) is 4.30. The molecule has 0 heterocycles. The number of carbonyl (C=O) groups excluding carboxylic acids is 1. The lowest BCUT2D eigenvalue weighted by atomic mass is 10.1. The highest BCUT2D eigenvalue weighted by Crippen LogP contribution is 2.31. The fraction of sp³-hybridized carbons (Fsp3) is 0.278. The number of carbonyl (C=O) groups is 1. The first-order valence-electron chi connectivity index (χ1n) is 7.32. The Labute approximate surface area is 132 Å². The number of fused-ring (bicyclic) bond motifs is 1. The second-order valence-electron chi connectivity index (χ2n) is 5.53. The molecule has 1 atom stereocenters. The van der Waals surface area contributed by atoms with Crippen LogP contribution in [0, 0.1) is 11.6 Å². The molecule has 0 amide bonds. The molecule has 0 bridgehead atoms. The summed E-state index contributed by atoms with van der Waals surface area (Å²) in [6, 6.07) is 9.33. The summed E-state index contributed by atoms with van der Waals surface area (Å²) < 4.78 is 26.6. The topological polar surface area (TPSA) is 17.1 Å². The van der Waals surface area contributed by atoms with Crippen LogP contribution in [-0.4, -0.2) is 11.0 Å². The summed E-state index contributed by atoms with van der Waals surface area (Å²) >= 11 is 1.42. The van der Waals surface area contributed by atoms with Crippen LogP contribution in [0.5, 0.6) is 0 Å². The predicted octanol–water partition coefficient (Wildman–Crippen LogP) is 4.82. The molecule has 0 aliphatic heterocycles. The summed E-state index contributed by atoms with van der Waals surface area (Å²) in [4.78, 5) is 13.3. The van der Waals surface area contributed by atoms with E-state index in [0.29, 0.717) is 0 Å². The molecule has 0 saturated heterocycles. The van der Waals surface area contributed by atoms with Crippen LogP contribution in [0.4, 0.5) is 8.78 Å². The van der Waals surface area contributed by atoms with Gasteiger partial charge in [-0.25, -0.2) is 8.78 Å². The molecule has 2 aromatic rings. The van der Waals surface area contributed by atoms with E-state index in [9.17, 15) is 13.6 Å². The van der Waals surface area contributed by atoms with Gasteiger partial charge in [0.25, 0.3) is 0 Å². The molecule has 0 aromatic heterocycles. The van der Waals surface area contributed by atoms with E-state index in [2.05, 4.69) is 12.1 Å². The Hall–Kier alpha value is -1.68. The van der Waals surface area contributed by atoms with Gasteiger partial charge in [-0.1, -0.05) is 6.07 Å². The molecule has 3 rings (SSSR count). The van der Waals surface area contributed by atoms with Gasteiger partial charge < -0.3 is 0 Å². The minimum absolute atomic E-state index is 0.0532. The van der Waals surface area contributed by atoms with E-state index in [4.69, 9.17) is 0 Å². The Balaban J connectivity index is 1.76. The number of halogens is 2. The lowest BCUT2D eigenvalue weighted by Gasteiger charge is -2.12. The highest BCUT2D eigenvalue weighted by atomic mass is 32.2. The molecular formula is C18H16F2OS. The van der Waals surface area contributed by atoms with Crippen molar-refractivity contribution in [2.45, 2.75) is 36.3 Å². The maximum absolute atomic E-state index is 13.7. The van der Waals surface area contributed by atoms with Crippen molar-refractivity contribution < 1.29 is 13.6 Å². The molecule has 1 aliphatic rings. The lowest BCUT2D eigenvalue weighted by molar-refractivity contribution is 0.0990. The molecule has 1 nitrogen and oxygen atoms in total. The first kappa shape index (κ1) is 15.2. The highest BCUT2D eigenvalue weighted by molar-refractivity contribution is 8.00. The maximum atomic E-state index is 13.7. The molecule has 114 valence electrons. The van der Waals surface area contributed by atoms with E-state index in [1.807, 2.05) is 6.07 Å². The van der Waals surface area contributed by atoms with Crippen molar-refractivity contribution in [3.05, 3.63) is 64.7 Å². The quantitative estimate of drug-likeness (QED) is 0.594. The standard InChI is InChI=1S/C18H16F2OS/c1-11(18(21)16-8-6-14(19)10-17(16)20)22-15-7-5-12-3-2-4-13(12)9-15/h5-11H,2-4H2,1H3. The van der Waals surface area contributed by atoms with Crippen LogP contribution < -0.4 is 0 Å². The molecule has 4 heteroatoms. The van der Waals surface area contributed by atoms with Crippen LogP contribution in [-0.2, 0) is 12.8 Å². The van der Waals surface area contributed by atoms with Crippen molar-refractivity contribution in [3.8, 4) is 0 Å². The molecule has 0 N–H and O–H groups in total. The molecule has 1 unspecified atom stereocenters. The third kappa shape index (κ3) is 3.07. The SMILES string of the molecule is CC(Sc1ccc2c(c1)CCC2)C(=O)c1ccc(F)cc1F. The fourth-order valence-corrected chi connectivity index (χ4v) is 3.79. The normalized spacial score (nSPS) is 14.7. The van der Waals surface area contributed by atoms with Crippen LogP contribution in [0.15, 0.2) is 41.3 Å². The monoisotopic (exact) mass is 318 g/mol. The number of thioether (sulfide) groups is 1. The van der Waals surface area contributed by atoms with Gasteiger partial charge in [0.2, 0.25) is 0 Å². The summed E-state index contributed by atoms with van der Waals surface area (Å²) in [5.41, 5.74) is 2.67. The van der Waals surface area contributed by atoms with E-state index >= 15 is 0 Å². The lowest BCUT2D eigenvalue weighted by Crippen LogP contribution is -2.15. The first-order valence-corrected chi connectivity index (χ1v) is 8.20. The van der Waals surface area contributed by atoms with Gasteiger partial charge in [0, 0.05) is 11.0 Å². The minimum atomic E-state index is -0.800. The zero-order chi connectivity index (χ0) is 15.7. The van der Waals surface area contributed by atoms with Gasteiger partial charge in [-0.05, 0) is 61.6 Å². The van der Waals surface area contributed by atoms with Gasteiger partial charge in [0.1, 0.15) is 11.6 Å². The molecule has 22 heavy (non-hydrogen) atoms. The number of aryl methyl sites for hydroxylation is 2. The molecule has 0 spiro atoms. The Morgan fingerprint density at radius 3 is 2.64 bits per heavy atom. The largest absolute Gasteiger partial charge is 0.293 e. The number of rotatable bonds is 4. The average molecular weight is 318 g/mol. The Morgan fingerprint density at radius 1 is 1.09 bits per heavy atom. The summed E-state index contributed by atoms with van der Waals surface area (Å²) in [6.45, 7) is 1.75. The van der Waals surface area contributed by atoms with E-state index in [0.717, 1.165) is 29.9 Å². The number of Topliss-reactive ketones (excluding diaryl/α,β-unsaturated/α-hetero) is 1. The van der Waals surface area contributed by atoms with Crippen molar-refractivity contribution in [3.63, 3.8) is 0 Å². The van der Waals surface area contributed by atoms with E-state index in [1.165, 1.54) is 35.4 Å². The van der Waals surface area contributed by atoms with Crippen molar-refractivity contribution in [1.29, 1.82) is 0 Å². The van der Waals surface area contributed by atoms with Crippen molar-refractivity contribution in [2.24, 2.45) is 0 Å². The van der Waals surface area contributed by atoms with Crippen LogP contribution in [0.3, 0.4) is 0 Å². The summed E-state index contributed by atoms with van der Waals surface area (Å²) in [7, 11) is 0. The van der Waals surface area contributed by atoms with E-state index < -0.39 is 16.9 Å². The molecular weight excluding hydrogens is 302 g/mol. The van der Waals surface area contributed by atoms with Crippen LogP contribution in [0.2, 0.25) is 0 Å². The average Bonchev–Trinajstić information content (AvgIpc) is 2.94. The minimum Gasteiger partial charge on any atom is -0.293 e. The van der Waals surface area contributed by atoms with Crippen LogP contribution in [0.25, 0.3) is 0 Å². The Morgan fingerprint density at radius 2 is 1.86 bits per heavy atom. The molecule has 0 fully saturated rings. The number of benzene rings is 2. The van der Waals surface area contributed by atoms with Crippen molar-refractivity contribution >= 4 is 17.5 Å². The molecule has 0 radical (unpaired) electrons. The number of hydrogen-bond acceptors (Lipinski definition) is 2. The zero-order valence-electron chi connectivity index (χ0n) is 12.2. The summed E-state index contributed by atoms with van der Waals surface area (Å²) in [5.74, 6) is -1.79. The van der Waals surface area contributed by atoms with Gasteiger partial charge >= 0.3 is 0 Å². The van der Waals surface area contributed by atoms with Crippen molar-refractivity contribution in [1.82, 2.24) is 0 Å². The maximum Gasteiger partial charge on any atom is 0.178 e. The molecule has 0 saturated carbocycles. The van der Waals surface area contributed by atoms with Gasteiger partial charge in [-0.3, -0.25) is 4.79 Å². The zero-order valence-corrected chi connectivity index (χ0v) is 13.1. The highest BCUT2D eigenvalue weighted by Gasteiger charge is 2.21. The van der Waals surface area contributed by atoms with Gasteiger partial charge in [-0.2, -0.15) is 0 Å². The Bertz CT molecular complexity index is 727. The predicted molar refractivity (Wildman–Crippen MR) is 84.5 cm³/mol. The van der Waals surface area contributed by atoms with E-state index in [-0.39, 0.29) is 11.3 Å². The molecule has 1 aliphatic carbocycles. The first-order chi connectivity index (χ1) is 10.5. The second-order valence-corrected chi connectivity index (χ2v) is 6.95. The smallest absolute Gasteiger partial charge is 0.178 e. The second kappa shape index (κ2) is 6.21. The third-order valence-corrected chi connectivity index (χ3v) is 5.04. The third-order valence-electron chi connectivity index (χ3n) is 3.95. The van der Waals surface area contributed by atoms with Crippen LogP contribution in [0.1, 0.15) is 34.8 Å². The summed E-state index contributed by atoms with van der Waals surface area (Å²) in [6.07, 6.45) is 3.38. The van der Waals surface area contributed by atoms with Gasteiger partial charge in [0.05, 0.1) is 10.8 Å².